The molecule has 0 spiro atoms. The standard InChI is InChI=1S/C18H13ClF4N4O/c19-13-6-11(20)2-3-12(13)17(4-1-5-17)7-14-24-8-10(9-25-14)15-26-27-16(28-15)18(21,22)23/h2-3,6,8-9H,1,4-5,7H2. The third kappa shape index (κ3) is 3.46. The first-order valence-corrected chi connectivity index (χ1v) is 8.82. The van der Waals surface area contributed by atoms with Crippen LogP contribution in [0.15, 0.2) is 35.0 Å². The molecular weight excluding hydrogens is 400 g/mol. The second-order valence-electron chi connectivity index (χ2n) is 6.73. The van der Waals surface area contributed by atoms with E-state index >= 15 is 0 Å². The molecule has 3 aromatic rings. The van der Waals surface area contributed by atoms with Gasteiger partial charge in [0, 0.05) is 29.3 Å². The highest BCUT2D eigenvalue weighted by molar-refractivity contribution is 6.31. The van der Waals surface area contributed by atoms with E-state index in [1.165, 1.54) is 24.5 Å². The molecule has 10 heteroatoms. The molecule has 1 fully saturated rings. The molecule has 0 atom stereocenters. The molecule has 0 amide bonds. The molecule has 1 aliphatic rings. The van der Waals surface area contributed by atoms with Gasteiger partial charge in [0.05, 0.1) is 5.56 Å². The molecule has 0 saturated heterocycles. The molecule has 0 N–H and O–H groups in total. The number of aromatic nitrogens is 4. The number of rotatable bonds is 4. The Kier molecular flexibility index (Phi) is 4.57. The molecular formula is C18H13ClF4N4O. The molecule has 28 heavy (non-hydrogen) atoms. The van der Waals surface area contributed by atoms with Gasteiger partial charge in [0.15, 0.2) is 0 Å². The average Bonchev–Trinajstić information content (AvgIpc) is 3.10. The van der Waals surface area contributed by atoms with Gasteiger partial charge in [-0.3, -0.25) is 0 Å². The number of nitrogens with zero attached hydrogens (tertiary/aromatic N) is 4. The molecule has 0 unspecified atom stereocenters. The maximum Gasteiger partial charge on any atom is 0.470 e. The Balaban J connectivity index is 1.56. The van der Waals surface area contributed by atoms with Gasteiger partial charge in [-0.15, -0.1) is 10.2 Å². The zero-order valence-corrected chi connectivity index (χ0v) is 15.1. The Morgan fingerprint density at radius 3 is 2.36 bits per heavy atom. The number of hydrogen-bond acceptors (Lipinski definition) is 5. The molecule has 0 bridgehead atoms. The van der Waals surface area contributed by atoms with Crippen LogP contribution in [-0.4, -0.2) is 20.2 Å². The molecule has 1 saturated carbocycles. The van der Waals surface area contributed by atoms with Gasteiger partial charge in [-0.05, 0) is 30.5 Å². The highest BCUT2D eigenvalue weighted by atomic mass is 35.5. The molecule has 2 heterocycles. The van der Waals surface area contributed by atoms with Crippen LogP contribution < -0.4 is 0 Å². The highest BCUT2D eigenvalue weighted by Crippen LogP contribution is 2.48. The van der Waals surface area contributed by atoms with E-state index in [0.29, 0.717) is 17.3 Å². The van der Waals surface area contributed by atoms with Gasteiger partial charge in [0.2, 0.25) is 0 Å². The van der Waals surface area contributed by atoms with Gasteiger partial charge in [-0.25, -0.2) is 14.4 Å². The van der Waals surface area contributed by atoms with Crippen LogP contribution in [0.3, 0.4) is 0 Å². The third-order valence-corrected chi connectivity index (χ3v) is 5.24. The minimum atomic E-state index is -4.71. The van der Waals surface area contributed by atoms with Crippen LogP contribution in [-0.2, 0) is 18.0 Å². The lowest BCUT2D eigenvalue weighted by molar-refractivity contribution is -0.156. The van der Waals surface area contributed by atoms with Gasteiger partial charge in [0.1, 0.15) is 11.6 Å². The van der Waals surface area contributed by atoms with Gasteiger partial charge in [0.25, 0.3) is 5.89 Å². The summed E-state index contributed by atoms with van der Waals surface area (Å²) in [5.41, 5.74) is 0.760. The summed E-state index contributed by atoms with van der Waals surface area (Å²) >= 11 is 6.24. The lowest BCUT2D eigenvalue weighted by Crippen LogP contribution is -2.37. The van der Waals surface area contributed by atoms with Crippen molar-refractivity contribution >= 4 is 11.6 Å². The van der Waals surface area contributed by atoms with E-state index in [1.807, 2.05) is 0 Å². The summed E-state index contributed by atoms with van der Waals surface area (Å²) in [6, 6.07) is 4.34. The summed E-state index contributed by atoms with van der Waals surface area (Å²) in [5, 5.41) is 6.73. The van der Waals surface area contributed by atoms with Crippen LogP contribution in [0.1, 0.15) is 36.5 Å². The quantitative estimate of drug-likeness (QED) is 0.564. The van der Waals surface area contributed by atoms with Crippen molar-refractivity contribution in [2.45, 2.75) is 37.3 Å². The Hall–Kier alpha value is -2.55. The summed E-state index contributed by atoms with van der Waals surface area (Å²) in [7, 11) is 0. The third-order valence-electron chi connectivity index (χ3n) is 4.93. The van der Waals surface area contributed by atoms with Crippen LogP contribution in [0.2, 0.25) is 5.02 Å². The lowest BCUT2D eigenvalue weighted by Gasteiger charge is -2.42. The molecule has 0 radical (unpaired) electrons. The largest absolute Gasteiger partial charge is 0.470 e. The lowest BCUT2D eigenvalue weighted by atomic mass is 9.62. The fourth-order valence-electron chi connectivity index (χ4n) is 3.38. The fourth-order valence-corrected chi connectivity index (χ4v) is 3.75. The van der Waals surface area contributed by atoms with Crippen molar-refractivity contribution in [1.82, 2.24) is 20.2 Å². The minimum Gasteiger partial charge on any atom is -0.413 e. The van der Waals surface area contributed by atoms with E-state index < -0.39 is 17.9 Å². The average molecular weight is 413 g/mol. The zero-order chi connectivity index (χ0) is 19.9. The summed E-state index contributed by atoms with van der Waals surface area (Å²) in [6.07, 6.45) is 1.19. The predicted molar refractivity (Wildman–Crippen MR) is 91.0 cm³/mol. The second-order valence-corrected chi connectivity index (χ2v) is 7.14. The Labute approximate surface area is 161 Å². The van der Waals surface area contributed by atoms with Crippen molar-refractivity contribution in [3.05, 3.63) is 58.7 Å². The molecule has 0 aliphatic heterocycles. The van der Waals surface area contributed by atoms with Gasteiger partial charge in [-0.2, -0.15) is 13.2 Å². The maximum atomic E-state index is 13.4. The van der Waals surface area contributed by atoms with Crippen LogP contribution in [0, 0.1) is 5.82 Å². The smallest absolute Gasteiger partial charge is 0.413 e. The van der Waals surface area contributed by atoms with E-state index in [0.717, 1.165) is 24.8 Å². The van der Waals surface area contributed by atoms with Crippen molar-refractivity contribution in [3.63, 3.8) is 0 Å². The molecule has 146 valence electrons. The van der Waals surface area contributed by atoms with Crippen molar-refractivity contribution in [2.24, 2.45) is 0 Å². The van der Waals surface area contributed by atoms with Crippen molar-refractivity contribution in [3.8, 4) is 11.5 Å². The van der Waals surface area contributed by atoms with Crippen LogP contribution in [0.25, 0.3) is 11.5 Å². The maximum absolute atomic E-state index is 13.4. The first-order chi connectivity index (χ1) is 13.3. The van der Waals surface area contributed by atoms with Gasteiger partial charge in [-0.1, -0.05) is 24.1 Å². The first-order valence-electron chi connectivity index (χ1n) is 8.44. The van der Waals surface area contributed by atoms with Crippen molar-refractivity contribution < 1.29 is 22.0 Å². The summed E-state index contributed by atoms with van der Waals surface area (Å²) in [6.45, 7) is 0. The Bertz CT molecular complexity index is 1000. The van der Waals surface area contributed by atoms with E-state index in [1.54, 1.807) is 6.07 Å². The highest BCUT2D eigenvalue weighted by Gasteiger charge is 2.41. The minimum absolute atomic E-state index is 0.189. The van der Waals surface area contributed by atoms with Crippen LogP contribution >= 0.6 is 11.6 Å². The summed E-state index contributed by atoms with van der Waals surface area (Å²) in [4.78, 5) is 8.46. The van der Waals surface area contributed by atoms with E-state index in [4.69, 9.17) is 11.6 Å². The van der Waals surface area contributed by atoms with E-state index in [-0.39, 0.29) is 16.9 Å². The molecule has 2 aromatic heterocycles. The van der Waals surface area contributed by atoms with E-state index in [9.17, 15) is 17.6 Å². The number of halogens is 5. The zero-order valence-electron chi connectivity index (χ0n) is 14.3. The number of hydrogen-bond donors (Lipinski definition) is 0. The second kappa shape index (κ2) is 6.80. The predicted octanol–water partition coefficient (Wildman–Crippen LogP) is 5.00. The molecule has 5 nitrogen and oxygen atoms in total. The van der Waals surface area contributed by atoms with Gasteiger partial charge < -0.3 is 4.42 Å². The monoisotopic (exact) mass is 412 g/mol. The van der Waals surface area contributed by atoms with Crippen LogP contribution in [0.5, 0.6) is 0 Å². The van der Waals surface area contributed by atoms with E-state index in [2.05, 4.69) is 24.6 Å². The van der Waals surface area contributed by atoms with Crippen LogP contribution in [0.4, 0.5) is 17.6 Å². The first kappa shape index (κ1) is 18.8. The number of alkyl halides is 3. The molecule has 1 aliphatic carbocycles. The van der Waals surface area contributed by atoms with Crippen molar-refractivity contribution in [1.29, 1.82) is 0 Å². The SMILES string of the molecule is Fc1ccc(C2(Cc3ncc(-c4nnc(C(F)(F)F)o4)cn3)CCC2)c(Cl)c1. The summed E-state index contributed by atoms with van der Waals surface area (Å²) in [5.74, 6) is -1.63. The molecule has 4 rings (SSSR count). The van der Waals surface area contributed by atoms with Gasteiger partial charge >= 0.3 is 12.1 Å². The Morgan fingerprint density at radius 2 is 1.82 bits per heavy atom. The topological polar surface area (TPSA) is 64.7 Å². The van der Waals surface area contributed by atoms with Crippen molar-refractivity contribution in [2.75, 3.05) is 0 Å². The summed E-state index contributed by atoms with van der Waals surface area (Å²) < 4.78 is 55.7. The number of benzene rings is 1. The fraction of sp³-hybridized carbons (Fsp3) is 0.333. The Morgan fingerprint density at radius 1 is 1.11 bits per heavy atom. The molecule has 1 aromatic carbocycles. The normalized spacial score (nSPS) is 16.0.